The predicted octanol–water partition coefficient (Wildman–Crippen LogP) is 3.07. The van der Waals surface area contributed by atoms with E-state index in [4.69, 9.17) is 0 Å². The van der Waals surface area contributed by atoms with Gasteiger partial charge in [-0.05, 0) is 25.5 Å². The number of hydrogen-bond donors (Lipinski definition) is 2. The van der Waals surface area contributed by atoms with E-state index in [1.165, 1.54) is 0 Å². The van der Waals surface area contributed by atoms with Gasteiger partial charge in [0.15, 0.2) is 0 Å². The molecule has 1 aromatic rings. The number of para-hydroxylation sites is 1. The molecule has 0 aliphatic heterocycles. The van der Waals surface area contributed by atoms with Crippen LogP contribution in [0.3, 0.4) is 0 Å². The molecule has 0 bridgehead atoms. The second-order valence-electron chi connectivity index (χ2n) is 5.90. The van der Waals surface area contributed by atoms with Crippen molar-refractivity contribution in [1.82, 2.24) is 0 Å². The van der Waals surface area contributed by atoms with Crippen LogP contribution in [0, 0.1) is 10.8 Å². The zero-order valence-corrected chi connectivity index (χ0v) is 11.9. The molecule has 4 nitrogen and oxygen atoms in total. The first-order valence-electron chi connectivity index (χ1n) is 6.59. The van der Waals surface area contributed by atoms with Crippen LogP contribution in [0.2, 0.25) is 0 Å². The molecular weight excluding hydrogens is 254 g/mol. The summed E-state index contributed by atoms with van der Waals surface area (Å²) < 4.78 is 0. The third kappa shape index (κ3) is 2.11. The number of anilines is 1. The summed E-state index contributed by atoms with van der Waals surface area (Å²) in [6, 6.07) is 9.20. The van der Waals surface area contributed by atoms with Crippen LogP contribution >= 0.6 is 0 Å². The molecule has 0 fully saturated rings. The molecule has 0 heterocycles. The molecule has 0 saturated heterocycles. The molecule has 2 N–H and O–H groups in total. The lowest BCUT2D eigenvalue weighted by molar-refractivity contribution is -0.135. The molecule has 0 unspecified atom stereocenters. The smallest absolute Gasteiger partial charge is 0.331 e. The number of aliphatic carboxylic acids is 1. The van der Waals surface area contributed by atoms with Crippen molar-refractivity contribution in [1.29, 1.82) is 0 Å². The minimum atomic E-state index is -0.953. The zero-order valence-electron chi connectivity index (χ0n) is 11.9. The second kappa shape index (κ2) is 4.78. The van der Waals surface area contributed by atoms with E-state index in [1.54, 1.807) is 6.08 Å². The molecule has 106 valence electrons. The van der Waals surface area contributed by atoms with Gasteiger partial charge in [0.2, 0.25) is 5.91 Å². The van der Waals surface area contributed by atoms with Crippen LogP contribution in [0.25, 0.3) is 0 Å². The summed E-state index contributed by atoms with van der Waals surface area (Å²) >= 11 is 0. The highest BCUT2D eigenvalue weighted by Crippen LogP contribution is 2.53. The van der Waals surface area contributed by atoms with Crippen molar-refractivity contribution in [3.05, 3.63) is 42.0 Å². The molecule has 1 aliphatic rings. The molecule has 1 amide bonds. The van der Waals surface area contributed by atoms with E-state index in [2.05, 4.69) is 5.32 Å². The van der Waals surface area contributed by atoms with Gasteiger partial charge >= 0.3 is 5.97 Å². The second-order valence-corrected chi connectivity index (χ2v) is 5.90. The molecule has 1 aromatic carbocycles. The van der Waals surface area contributed by atoms with Crippen molar-refractivity contribution in [2.45, 2.75) is 27.2 Å². The van der Waals surface area contributed by atoms with E-state index in [-0.39, 0.29) is 5.91 Å². The van der Waals surface area contributed by atoms with Gasteiger partial charge in [-0.2, -0.15) is 0 Å². The first kappa shape index (κ1) is 14.3. The van der Waals surface area contributed by atoms with Crippen molar-refractivity contribution in [3.8, 4) is 0 Å². The Kier molecular flexibility index (Phi) is 3.42. The van der Waals surface area contributed by atoms with Gasteiger partial charge in [0.1, 0.15) is 0 Å². The molecule has 1 atom stereocenters. The highest BCUT2D eigenvalue weighted by Gasteiger charge is 2.53. The van der Waals surface area contributed by atoms with Crippen LogP contribution in [-0.4, -0.2) is 17.0 Å². The maximum absolute atomic E-state index is 12.6. The van der Waals surface area contributed by atoms with Crippen molar-refractivity contribution in [2.75, 3.05) is 5.32 Å². The van der Waals surface area contributed by atoms with Gasteiger partial charge in [0.05, 0.1) is 5.41 Å². The summed E-state index contributed by atoms with van der Waals surface area (Å²) in [4.78, 5) is 23.9. The number of carboxylic acids is 1. The molecule has 0 radical (unpaired) electrons. The number of rotatable bonds is 3. The fraction of sp³-hybridized carbons (Fsp3) is 0.375. The maximum atomic E-state index is 12.6. The molecule has 1 aliphatic carbocycles. The minimum absolute atomic E-state index is 0.152. The molecule has 4 heteroatoms. The van der Waals surface area contributed by atoms with E-state index in [0.29, 0.717) is 12.0 Å². The molecule has 0 saturated carbocycles. The van der Waals surface area contributed by atoms with Crippen LogP contribution in [0.15, 0.2) is 42.0 Å². The standard InChI is InChI=1S/C16H19NO3/c1-15(2)12(13(18)19)9-10-16(15,3)14(20)17-11-7-5-4-6-8-11/h4-9H,10H2,1-3H3,(H,17,20)(H,18,19)/t16-/m0/s1. The Balaban J connectivity index is 2.25. The van der Waals surface area contributed by atoms with Gasteiger partial charge in [0.25, 0.3) is 0 Å². The van der Waals surface area contributed by atoms with Gasteiger partial charge in [-0.25, -0.2) is 4.79 Å². The third-order valence-electron chi connectivity index (χ3n) is 4.53. The van der Waals surface area contributed by atoms with Crippen molar-refractivity contribution < 1.29 is 14.7 Å². The topological polar surface area (TPSA) is 66.4 Å². The zero-order chi connectivity index (χ0) is 15.0. The van der Waals surface area contributed by atoms with Crippen LogP contribution < -0.4 is 5.32 Å². The number of carbonyl (C=O) groups is 2. The number of nitrogens with one attached hydrogen (secondary N) is 1. The Bertz CT molecular complexity index is 575. The van der Waals surface area contributed by atoms with Gasteiger partial charge in [-0.15, -0.1) is 0 Å². The number of carbonyl (C=O) groups excluding carboxylic acids is 1. The fourth-order valence-corrected chi connectivity index (χ4v) is 2.64. The van der Waals surface area contributed by atoms with E-state index < -0.39 is 16.8 Å². The van der Waals surface area contributed by atoms with Crippen LogP contribution in [-0.2, 0) is 9.59 Å². The summed E-state index contributed by atoms with van der Waals surface area (Å²) in [5.41, 5.74) is -0.449. The SMILES string of the molecule is CC1(C)C(C(=O)O)=CC[C@@]1(C)C(=O)Nc1ccccc1. The fourth-order valence-electron chi connectivity index (χ4n) is 2.64. The largest absolute Gasteiger partial charge is 0.478 e. The van der Waals surface area contributed by atoms with Gasteiger partial charge < -0.3 is 10.4 Å². The minimum Gasteiger partial charge on any atom is -0.478 e. The first-order chi connectivity index (χ1) is 9.29. The summed E-state index contributed by atoms with van der Waals surface area (Å²) in [6.07, 6.45) is 2.09. The van der Waals surface area contributed by atoms with E-state index in [1.807, 2.05) is 51.1 Å². The number of benzene rings is 1. The summed E-state index contributed by atoms with van der Waals surface area (Å²) in [5.74, 6) is -1.10. The quantitative estimate of drug-likeness (QED) is 0.889. The Hall–Kier alpha value is -2.10. The number of allylic oxidation sites excluding steroid dienone is 1. The summed E-state index contributed by atoms with van der Waals surface area (Å²) in [5, 5.41) is 12.1. The predicted molar refractivity (Wildman–Crippen MR) is 77.3 cm³/mol. The molecule has 2 rings (SSSR count). The van der Waals surface area contributed by atoms with Crippen molar-refractivity contribution in [2.24, 2.45) is 10.8 Å². The lowest BCUT2D eigenvalue weighted by atomic mass is 9.65. The van der Waals surface area contributed by atoms with Crippen LogP contribution in [0.4, 0.5) is 5.69 Å². The highest BCUT2D eigenvalue weighted by molar-refractivity contribution is 5.99. The van der Waals surface area contributed by atoms with Crippen molar-refractivity contribution in [3.63, 3.8) is 0 Å². The lowest BCUT2D eigenvalue weighted by Gasteiger charge is -2.38. The Morgan fingerprint density at radius 2 is 1.75 bits per heavy atom. The number of hydrogen-bond acceptors (Lipinski definition) is 2. The van der Waals surface area contributed by atoms with Crippen LogP contribution in [0.5, 0.6) is 0 Å². The summed E-state index contributed by atoms with van der Waals surface area (Å²) in [7, 11) is 0. The number of carboxylic acid groups (broad SMARTS) is 1. The van der Waals surface area contributed by atoms with Gasteiger partial charge in [-0.1, -0.05) is 38.1 Å². The van der Waals surface area contributed by atoms with Crippen LogP contribution in [0.1, 0.15) is 27.2 Å². The highest BCUT2D eigenvalue weighted by atomic mass is 16.4. The van der Waals surface area contributed by atoms with E-state index >= 15 is 0 Å². The summed E-state index contributed by atoms with van der Waals surface area (Å²) in [6.45, 7) is 5.44. The van der Waals surface area contributed by atoms with E-state index in [9.17, 15) is 14.7 Å². The molecule has 20 heavy (non-hydrogen) atoms. The Morgan fingerprint density at radius 3 is 2.25 bits per heavy atom. The lowest BCUT2D eigenvalue weighted by Crippen LogP contribution is -2.44. The third-order valence-corrected chi connectivity index (χ3v) is 4.53. The maximum Gasteiger partial charge on any atom is 0.331 e. The van der Waals surface area contributed by atoms with Gasteiger partial charge in [0, 0.05) is 16.7 Å². The average molecular weight is 273 g/mol. The normalized spacial score (nSPS) is 24.1. The Labute approximate surface area is 118 Å². The molecular formula is C16H19NO3. The Morgan fingerprint density at radius 1 is 1.15 bits per heavy atom. The van der Waals surface area contributed by atoms with Gasteiger partial charge in [-0.3, -0.25) is 4.79 Å². The van der Waals surface area contributed by atoms with E-state index in [0.717, 1.165) is 5.69 Å². The first-order valence-corrected chi connectivity index (χ1v) is 6.59. The van der Waals surface area contributed by atoms with Crippen molar-refractivity contribution >= 4 is 17.6 Å². The average Bonchev–Trinajstić information content (AvgIpc) is 2.63. The molecule has 0 spiro atoms. The monoisotopic (exact) mass is 273 g/mol. The molecule has 0 aromatic heterocycles. The number of amides is 1.